The number of carbonyl (C=O) groups excluding carboxylic acids is 1. The van der Waals surface area contributed by atoms with Gasteiger partial charge in [0.2, 0.25) is 0 Å². The van der Waals surface area contributed by atoms with Crippen molar-refractivity contribution in [2.75, 3.05) is 5.32 Å². The number of rotatable bonds is 2. The van der Waals surface area contributed by atoms with Crippen LogP contribution in [0.15, 0.2) is 54.7 Å². The van der Waals surface area contributed by atoms with Crippen LogP contribution in [0.4, 0.5) is 5.69 Å². The SMILES string of the molecule is N#Cc1cccc(NC(=O)c2ccc3cccnc3n2)c1. The molecule has 21 heavy (non-hydrogen) atoms. The zero-order valence-corrected chi connectivity index (χ0v) is 10.9. The van der Waals surface area contributed by atoms with Crippen molar-refractivity contribution in [3.8, 4) is 6.07 Å². The van der Waals surface area contributed by atoms with E-state index in [9.17, 15) is 4.79 Å². The molecule has 0 spiro atoms. The zero-order chi connectivity index (χ0) is 14.7. The third kappa shape index (κ3) is 2.69. The maximum Gasteiger partial charge on any atom is 0.274 e. The Labute approximate surface area is 120 Å². The summed E-state index contributed by atoms with van der Waals surface area (Å²) >= 11 is 0. The van der Waals surface area contributed by atoms with Crippen LogP contribution >= 0.6 is 0 Å². The standard InChI is InChI=1S/C16H10N4O/c17-10-11-3-1-5-13(9-11)19-16(21)14-7-6-12-4-2-8-18-15(12)20-14/h1-9H,(H,19,21). The Morgan fingerprint density at radius 3 is 2.90 bits per heavy atom. The average Bonchev–Trinajstić information content (AvgIpc) is 2.54. The second-order valence-electron chi connectivity index (χ2n) is 4.39. The van der Waals surface area contributed by atoms with E-state index in [0.29, 0.717) is 16.9 Å². The molecule has 1 amide bonds. The quantitative estimate of drug-likeness (QED) is 0.779. The Balaban J connectivity index is 1.88. The maximum absolute atomic E-state index is 12.2. The van der Waals surface area contributed by atoms with E-state index in [1.165, 1.54) is 0 Å². The van der Waals surface area contributed by atoms with E-state index >= 15 is 0 Å². The van der Waals surface area contributed by atoms with Crippen LogP contribution < -0.4 is 5.32 Å². The normalized spacial score (nSPS) is 10.0. The number of pyridine rings is 2. The first-order valence-electron chi connectivity index (χ1n) is 6.29. The van der Waals surface area contributed by atoms with Gasteiger partial charge in [-0.05, 0) is 42.5 Å². The first-order valence-corrected chi connectivity index (χ1v) is 6.29. The van der Waals surface area contributed by atoms with E-state index < -0.39 is 0 Å². The number of benzene rings is 1. The lowest BCUT2D eigenvalue weighted by Gasteiger charge is -2.05. The number of hydrogen-bond donors (Lipinski definition) is 1. The van der Waals surface area contributed by atoms with Gasteiger partial charge in [0.1, 0.15) is 5.69 Å². The Kier molecular flexibility index (Phi) is 3.27. The van der Waals surface area contributed by atoms with Crippen LogP contribution in [0, 0.1) is 11.3 Å². The van der Waals surface area contributed by atoms with Crippen molar-refractivity contribution in [2.24, 2.45) is 0 Å². The molecule has 3 aromatic rings. The molecule has 0 atom stereocenters. The van der Waals surface area contributed by atoms with Gasteiger partial charge in [-0.3, -0.25) is 4.79 Å². The molecule has 2 aromatic heterocycles. The van der Waals surface area contributed by atoms with Crippen molar-refractivity contribution >= 4 is 22.6 Å². The van der Waals surface area contributed by atoms with E-state index in [2.05, 4.69) is 15.3 Å². The summed E-state index contributed by atoms with van der Waals surface area (Å²) in [7, 11) is 0. The van der Waals surface area contributed by atoms with Crippen molar-refractivity contribution in [2.45, 2.75) is 0 Å². The summed E-state index contributed by atoms with van der Waals surface area (Å²) in [6.45, 7) is 0. The molecular weight excluding hydrogens is 264 g/mol. The van der Waals surface area contributed by atoms with Gasteiger partial charge >= 0.3 is 0 Å². The van der Waals surface area contributed by atoms with E-state index in [4.69, 9.17) is 5.26 Å². The van der Waals surface area contributed by atoms with Gasteiger partial charge < -0.3 is 5.32 Å². The van der Waals surface area contributed by atoms with Crippen molar-refractivity contribution in [3.05, 3.63) is 66.0 Å². The Morgan fingerprint density at radius 2 is 2.05 bits per heavy atom. The molecule has 0 saturated carbocycles. The second kappa shape index (κ2) is 5.39. The van der Waals surface area contributed by atoms with Crippen molar-refractivity contribution < 1.29 is 4.79 Å². The molecule has 5 nitrogen and oxygen atoms in total. The van der Waals surface area contributed by atoms with Gasteiger partial charge in [0.05, 0.1) is 11.6 Å². The number of hydrogen-bond acceptors (Lipinski definition) is 4. The number of fused-ring (bicyclic) bond motifs is 1. The number of nitrogens with one attached hydrogen (secondary N) is 1. The topological polar surface area (TPSA) is 78.7 Å². The lowest BCUT2D eigenvalue weighted by atomic mass is 10.2. The fourth-order valence-corrected chi connectivity index (χ4v) is 1.94. The van der Waals surface area contributed by atoms with Crippen LogP contribution in [0.1, 0.15) is 16.1 Å². The van der Waals surface area contributed by atoms with E-state index in [0.717, 1.165) is 5.39 Å². The molecule has 0 aliphatic carbocycles. The molecule has 2 heterocycles. The van der Waals surface area contributed by atoms with Crippen LogP contribution in [0.25, 0.3) is 11.0 Å². The van der Waals surface area contributed by atoms with Gasteiger partial charge in [0, 0.05) is 17.3 Å². The number of carbonyl (C=O) groups is 1. The van der Waals surface area contributed by atoms with Crippen molar-refractivity contribution in [1.29, 1.82) is 5.26 Å². The first kappa shape index (κ1) is 12.8. The summed E-state index contributed by atoms with van der Waals surface area (Å²) in [5, 5.41) is 12.4. The third-order valence-electron chi connectivity index (χ3n) is 2.95. The van der Waals surface area contributed by atoms with Gasteiger partial charge in [-0.2, -0.15) is 5.26 Å². The molecule has 0 aliphatic heterocycles. The van der Waals surface area contributed by atoms with E-state index in [-0.39, 0.29) is 11.6 Å². The molecule has 0 bridgehead atoms. The maximum atomic E-state index is 12.2. The third-order valence-corrected chi connectivity index (χ3v) is 2.95. The van der Waals surface area contributed by atoms with Crippen LogP contribution in [0.5, 0.6) is 0 Å². The van der Waals surface area contributed by atoms with Crippen LogP contribution in [-0.4, -0.2) is 15.9 Å². The number of nitrogens with zero attached hydrogens (tertiary/aromatic N) is 3. The van der Waals surface area contributed by atoms with Gasteiger partial charge in [-0.15, -0.1) is 0 Å². The lowest BCUT2D eigenvalue weighted by molar-refractivity contribution is 0.102. The molecule has 0 aliphatic rings. The minimum Gasteiger partial charge on any atom is -0.321 e. The predicted molar refractivity (Wildman–Crippen MR) is 78.6 cm³/mol. The monoisotopic (exact) mass is 274 g/mol. The average molecular weight is 274 g/mol. The number of anilines is 1. The smallest absolute Gasteiger partial charge is 0.274 e. The van der Waals surface area contributed by atoms with Crippen LogP contribution in [0.2, 0.25) is 0 Å². The Hall–Kier alpha value is -3.26. The molecule has 0 fully saturated rings. The fourth-order valence-electron chi connectivity index (χ4n) is 1.94. The molecule has 1 aromatic carbocycles. The first-order chi connectivity index (χ1) is 10.3. The van der Waals surface area contributed by atoms with Gasteiger partial charge in [-0.25, -0.2) is 9.97 Å². The highest BCUT2D eigenvalue weighted by molar-refractivity contribution is 6.03. The minimum atomic E-state index is -0.336. The largest absolute Gasteiger partial charge is 0.321 e. The van der Waals surface area contributed by atoms with Crippen molar-refractivity contribution in [1.82, 2.24) is 9.97 Å². The summed E-state index contributed by atoms with van der Waals surface area (Å²) in [4.78, 5) is 20.5. The summed E-state index contributed by atoms with van der Waals surface area (Å²) < 4.78 is 0. The molecule has 0 saturated heterocycles. The summed E-state index contributed by atoms with van der Waals surface area (Å²) in [6.07, 6.45) is 1.63. The van der Waals surface area contributed by atoms with E-state index in [1.54, 1.807) is 42.6 Å². The van der Waals surface area contributed by atoms with Gasteiger partial charge in [-0.1, -0.05) is 6.07 Å². The van der Waals surface area contributed by atoms with Crippen molar-refractivity contribution in [3.63, 3.8) is 0 Å². The molecule has 3 rings (SSSR count). The second-order valence-corrected chi connectivity index (χ2v) is 4.39. The predicted octanol–water partition coefficient (Wildman–Crippen LogP) is 2.75. The Morgan fingerprint density at radius 1 is 1.14 bits per heavy atom. The highest BCUT2D eigenvalue weighted by atomic mass is 16.1. The Bertz CT molecular complexity index is 867. The number of aromatic nitrogens is 2. The highest BCUT2D eigenvalue weighted by Gasteiger charge is 2.09. The van der Waals surface area contributed by atoms with Crippen LogP contribution in [-0.2, 0) is 0 Å². The summed E-state index contributed by atoms with van der Waals surface area (Å²) in [6, 6.07) is 15.9. The number of amides is 1. The lowest BCUT2D eigenvalue weighted by Crippen LogP contribution is -2.13. The molecular formula is C16H10N4O. The van der Waals surface area contributed by atoms with Gasteiger partial charge in [0.15, 0.2) is 5.65 Å². The van der Waals surface area contributed by atoms with E-state index in [1.807, 2.05) is 18.2 Å². The fraction of sp³-hybridized carbons (Fsp3) is 0. The van der Waals surface area contributed by atoms with Gasteiger partial charge in [0.25, 0.3) is 5.91 Å². The molecule has 100 valence electrons. The molecule has 0 radical (unpaired) electrons. The molecule has 0 unspecified atom stereocenters. The van der Waals surface area contributed by atoms with Crippen LogP contribution in [0.3, 0.4) is 0 Å². The minimum absolute atomic E-state index is 0.281. The summed E-state index contributed by atoms with van der Waals surface area (Å²) in [5.41, 5.74) is 1.85. The zero-order valence-electron chi connectivity index (χ0n) is 10.9. The molecule has 5 heteroatoms. The highest BCUT2D eigenvalue weighted by Crippen LogP contribution is 2.13. The molecule has 1 N–H and O–H groups in total. The number of nitriles is 1. The summed E-state index contributed by atoms with van der Waals surface area (Å²) in [5.74, 6) is -0.336.